The number of hydrogen-bond acceptors (Lipinski definition) is 2. The molecular formula is C18H24O3S. The number of aryl methyl sites for hydroxylation is 1. The lowest BCUT2D eigenvalue weighted by Gasteiger charge is -2.07. The van der Waals surface area contributed by atoms with Crippen LogP contribution < -0.4 is 0 Å². The summed E-state index contributed by atoms with van der Waals surface area (Å²) >= 11 is 0. The molecule has 0 aliphatic rings. The molecule has 0 aliphatic carbocycles. The van der Waals surface area contributed by atoms with Gasteiger partial charge in [-0.05, 0) is 29.9 Å². The molecule has 4 heteroatoms. The van der Waals surface area contributed by atoms with E-state index < -0.39 is 10.1 Å². The monoisotopic (exact) mass is 320 g/mol. The highest BCUT2D eigenvalue weighted by atomic mass is 32.2. The average Bonchev–Trinajstić information content (AvgIpc) is 2.49. The number of benzene rings is 2. The first-order valence-electron chi connectivity index (χ1n) is 8.01. The van der Waals surface area contributed by atoms with E-state index in [1.54, 1.807) is 12.1 Å². The van der Waals surface area contributed by atoms with E-state index in [4.69, 9.17) is 0 Å². The summed E-state index contributed by atoms with van der Waals surface area (Å²) in [5.41, 5.74) is 1.22. The minimum absolute atomic E-state index is 0.0175. The Bertz CT molecular complexity index is 720. The van der Waals surface area contributed by atoms with Gasteiger partial charge in [-0.2, -0.15) is 8.42 Å². The fraction of sp³-hybridized carbons (Fsp3) is 0.444. The molecule has 0 amide bonds. The molecule has 2 aromatic carbocycles. The van der Waals surface area contributed by atoms with Gasteiger partial charge in [-0.25, -0.2) is 0 Å². The second kappa shape index (κ2) is 7.75. The van der Waals surface area contributed by atoms with Crippen LogP contribution in [-0.4, -0.2) is 13.0 Å². The van der Waals surface area contributed by atoms with Gasteiger partial charge in [-0.15, -0.1) is 0 Å². The topological polar surface area (TPSA) is 54.4 Å². The molecule has 3 nitrogen and oxygen atoms in total. The number of hydrogen-bond donors (Lipinski definition) is 1. The Kier molecular flexibility index (Phi) is 5.98. The van der Waals surface area contributed by atoms with Crippen LogP contribution in [0.1, 0.15) is 51.0 Å². The van der Waals surface area contributed by atoms with Gasteiger partial charge in [0.15, 0.2) is 0 Å². The Hall–Kier alpha value is -1.39. The third-order valence-corrected chi connectivity index (χ3v) is 4.91. The quantitative estimate of drug-likeness (QED) is 0.550. The molecule has 2 aromatic rings. The number of rotatable bonds is 8. The average molecular weight is 320 g/mol. The fourth-order valence-corrected chi connectivity index (χ4v) is 3.51. The molecule has 2 rings (SSSR count). The summed E-state index contributed by atoms with van der Waals surface area (Å²) in [5.74, 6) is 0. The highest BCUT2D eigenvalue weighted by molar-refractivity contribution is 7.86. The molecule has 1 N–H and O–H groups in total. The Morgan fingerprint density at radius 1 is 0.955 bits per heavy atom. The van der Waals surface area contributed by atoms with E-state index in [1.807, 2.05) is 18.2 Å². The van der Waals surface area contributed by atoms with Crippen LogP contribution in [0.15, 0.2) is 41.3 Å². The van der Waals surface area contributed by atoms with Crippen LogP contribution in [0.2, 0.25) is 0 Å². The maximum absolute atomic E-state index is 11.4. The van der Waals surface area contributed by atoms with E-state index >= 15 is 0 Å². The van der Waals surface area contributed by atoms with Gasteiger partial charge in [0.25, 0.3) is 10.1 Å². The summed E-state index contributed by atoms with van der Waals surface area (Å²) in [6.45, 7) is 2.22. The molecule has 120 valence electrons. The zero-order valence-electron chi connectivity index (χ0n) is 13.1. The molecule has 0 unspecified atom stereocenters. The van der Waals surface area contributed by atoms with Crippen molar-refractivity contribution < 1.29 is 13.0 Å². The summed E-state index contributed by atoms with van der Waals surface area (Å²) < 4.78 is 32.0. The van der Waals surface area contributed by atoms with Crippen LogP contribution >= 0.6 is 0 Å². The molecule has 0 spiro atoms. The first-order valence-corrected chi connectivity index (χ1v) is 9.45. The van der Waals surface area contributed by atoms with Crippen LogP contribution in [-0.2, 0) is 16.5 Å². The third kappa shape index (κ3) is 4.55. The fourth-order valence-electron chi connectivity index (χ4n) is 2.79. The standard InChI is InChI=1S/C18H24O3S/c1-2-3-4-5-6-7-9-15-12-13-17-16(14-15)10-8-11-18(17)22(19,20)21/h8,10-14H,2-7,9H2,1H3,(H,19,20,21). The lowest BCUT2D eigenvalue weighted by Crippen LogP contribution is -1.99. The van der Waals surface area contributed by atoms with Gasteiger partial charge in [-0.1, -0.05) is 69.4 Å². The molecule has 0 bridgehead atoms. The lowest BCUT2D eigenvalue weighted by atomic mass is 10.0. The third-order valence-electron chi connectivity index (χ3n) is 4.00. The second-order valence-corrected chi connectivity index (χ2v) is 7.19. The first-order chi connectivity index (χ1) is 10.5. The summed E-state index contributed by atoms with van der Waals surface area (Å²) in [6.07, 6.45) is 8.59. The molecule has 0 fully saturated rings. The molecule has 0 saturated heterocycles. The van der Waals surface area contributed by atoms with Crippen molar-refractivity contribution in [3.8, 4) is 0 Å². The van der Waals surface area contributed by atoms with Gasteiger partial charge < -0.3 is 0 Å². The van der Waals surface area contributed by atoms with Crippen molar-refractivity contribution in [2.45, 2.75) is 56.8 Å². The van der Waals surface area contributed by atoms with Gasteiger partial charge in [0.05, 0.1) is 0 Å². The minimum atomic E-state index is -4.17. The summed E-state index contributed by atoms with van der Waals surface area (Å²) in [4.78, 5) is -0.0175. The Balaban J connectivity index is 2.05. The normalized spacial score (nSPS) is 11.9. The Morgan fingerprint density at radius 3 is 2.41 bits per heavy atom. The number of unbranched alkanes of at least 4 members (excludes halogenated alkanes) is 5. The molecule has 0 radical (unpaired) electrons. The highest BCUT2D eigenvalue weighted by Gasteiger charge is 2.13. The predicted molar refractivity (Wildman–Crippen MR) is 90.8 cm³/mol. The zero-order chi connectivity index (χ0) is 16.0. The van der Waals surface area contributed by atoms with Crippen molar-refractivity contribution in [3.05, 3.63) is 42.0 Å². The van der Waals surface area contributed by atoms with Crippen molar-refractivity contribution in [2.75, 3.05) is 0 Å². The van der Waals surface area contributed by atoms with Gasteiger partial charge in [0.2, 0.25) is 0 Å². The summed E-state index contributed by atoms with van der Waals surface area (Å²) in [5, 5.41) is 1.44. The van der Waals surface area contributed by atoms with Crippen molar-refractivity contribution >= 4 is 20.9 Å². The van der Waals surface area contributed by atoms with Gasteiger partial charge in [0.1, 0.15) is 4.90 Å². The smallest absolute Gasteiger partial charge is 0.282 e. The Morgan fingerprint density at radius 2 is 1.68 bits per heavy atom. The predicted octanol–water partition coefficient (Wildman–Crippen LogP) is 4.99. The molecule has 0 aliphatic heterocycles. The molecule has 0 heterocycles. The van der Waals surface area contributed by atoms with Crippen molar-refractivity contribution in [1.82, 2.24) is 0 Å². The van der Waals surface area contributed by atoms with Crippen LogP contribution in [0.3, 0.4) is 0 Å². The minimum Gasteiger partial charge on any atom is -0.282 e. The van der Waals surface area contributed by atoms with E-state index in [0.717, 1.165) is 18.2 Å². The maximum atomic E-state index is 11.4. The summed E-state index contributed by atoms with van der Waals surface area (Å²) in [6, 6.07) is 10.8. The molecule has 22 heavy (non-hydrogen) atoms. The first kappa shape index (κ1) is 17.0. The van der Waals surface area contributed by atoms with Crippen molar-refractivity contribution in [2.24, 2.45) is 0 Å². The molecule has 0 aromatic heterocycles. The van der Waals surface area contributed by atoms with Crippen LogP contribution in [0, 0.1) is 0 Å². The molecule has 0 saturated carbocycles. The highest BCUT2D eigenvalue weighted by Crippen LogP contribution is 2.24. The van der Waals surface area contributed by atoms with Crippen LogP contribution in [0.5, 0.6) is 0 Å². The lowest BCUT2D eigenvalue weighted by molar-refractivity contribution is 0.484. The number of fused-ring (bicyclic) bond motifs is 1. The van der Waals surface area contributed by atoms with Gasteiger partial charge in [0, 0.05) is 5.39 Å². The van der Waals surface area contributed by atoms with Crippen molar-refractivity contribution in [1.29, 1.82) is 0 Å². The molecule has 0 atom stereocenters. The second-order valence-electron chi connectivity index (χ2n) is 5.80. The van der Waals surface area contributed by atoms with E-state index in [2.05, 4.69) is 6.92 Å². The largest absolute Gasteiger partial charge is 0.295 e. The SMILES string of the molecule is CCCCCCCCc1ccc2c(S(=O)(=O)O)cccc2c1. The maximum Gasteiger partial charge on any atom is 0.295 e. The summed E-state index contributed by atoms with van der Waals surface area (Å²) in [7, 11) is -4.17. The van der Waals surface area contributed by atoms with E-state index in [0.29, 0.717) is 5.39 Å². The van der Waals surface area contributed by atoms with E-state index in [-0.39, 0.29) is 4.90 Å². The van der Waals surface area contributed by atoms with Crippen LogP contribution in [0.25, 0.3) is 10.8 Å². The van der Waals surface area contributed by atoms with Crippen LogP contribution in [0.4, 0.5) is 0 Å². The van der Waals surface area contributed by atoms with E-state index in [1.165, 1.54) is 43.7 Å². The van der Waals surface area contributed by atoms with Gasteiger partial charge >= 0.3 is 0 Å². The zero-order valence-corrected chi connectivity index (χ0v) is 13.9. The molecular weight excluding hydrogens is 296 g/mol. The Labute approximate surface area is 133 Å². The van der Waals surface area contributed by atoms with Gasteiger partial charge in [-0.3, -0.25) is 4.55 Å². The van der Waals surface area contributed by atoms with E-state index in [9.17, 15) is 13.0 Å². The van der Waals surface area contributed by atoms with Crippen molar-refractivity contribution in [3.63, 3.8) is 0 Å².